The van der Waals surface area contributed by atoms with E-state index in [4.69, 9.17) is 0 Å². The van der Waals surface area contributed by atoms with Crippen LogP contribution in [0.15, 0.2) is 0 Å². The first-order valence-corrected chi connectivity index (χ1v) is 4.91. The molecule has 0 aliphatic carbocycles. The SMILES string of the molecule is CC(=O)NNC(=O)N1CCC(C)CC1. The molecule has 1 fully saturated rings. The Kier molecular flexibility index (Phi) is 3.73. The van der Waals surface area contributed by atoms with Gasteiger partial charge in [0.25, 0.3) is 0 Å². The normalized spacial score (nSPS) is 17.7. The molecule has 1 aliphatic rings. The predicted octanol–water partition coefficient (Wildman–Crippen LogP) is 0.479. The van der Waals surface area contributed by atoms with E-state index in [9.17, 15) is 9.59 Å². The summed E-state index contributed by atoms with van der Waals surface area (Å²) in [6, 6.07) is -0.216. The monoisotopic (exact) mass is 199 g/mol. The second kappa shape index (κ2) is 4.83. The fourth-order valence-electron chi connectivity index (χ4n) is 1.43. The molecule has 2 N–H and O–H groups in total. The predicted molar refractivity (Wildman–Crippen MR) is 52.3 cm³/mol. The van der Waals surface area contributed by atoms with Crippen molar-refractivity contribution in [2.45, 2.75) is 26.7 Å². The molecule has 80 valence electrons. The third-order valence-electron chi connectivity index (χ3n) is 2.42. The Morgan fingerprint density at radius 1 is 1.21 bits per heavy atom. The van der Waals surface area contributed by atoms with Crippen molar-refractivity contribution in [1.29, 1.82) is 0 Å². The van der Waals surface area contributed by atoms with Crippen LogP contribution in [0.3, 0.4) is 0 Å². The minimum Gasteiger partial charge on any atom is -0.323 e. The summed E-state index contributed by atoms with van der Waals surface area (Å²) in [6.45, 7) is 5.08. The van der Waals surface area contributed by atoms with Crippen LogP contribution in [0.4, 0.5) is 4.79 Å². The number of piperidine rings is 1. The molecule has 1 rings (SSSR count). The summed E-state index contributed by atoms with van der Waals surface area (Å²) >= 11 is 0. The van der Waals surface area contributed by atoms with Gasteiger partial charge in [-0.1, -0.05) is 6.92 Å². The molecule has 0 unspecified atom stereocenters. The fourth-order valence-corrected chi connectivity index (χ4v) is 1.43. The van der Waals surface area contributed by atoms with E-state index in [0.717, 1.165) is 25.9 Å². The smallest absolute Gasteiger partial charge is 0.323 e. The first-order chi connectivity index (χ1) is 6.59. The summed E-state index contributed by atoms with van der Waals surface area (Å²) < 4.78 is 0. The molecule has 3 amide bonds. The molecular formula is C9H17N3O2. The van der Waals surface area contributed by atoms with Crippen LogP contribution in [0.1, 0.15) is 26.7 Å². The number of nitrogens with zero attached hydrogens (tertiary/aromatic N) is 1. The number of rotatable bonds is 0. The molecule has 1 aliphatic heterocycles. The van der Waals surface area contributed by atoms with E-state index >= 15 is 0 Å². The van der Waals surface area contributed by atoms with Crippen LogP contribution < -0.4 is 10.9 Å². The van der Waals surface area contributed by atoms with Gasteiger partial charge in [-0.3, -0.25) is 10.2 Å². The topological polar surface area (TPSA) is 61.4 Å². The summed E-state index contributed by atoms with van der Waals surface area (Å²) in [5.74, 6) is 0.434. The highest BCUT2D eigenvalue weighted by atomic mass is 16.2. The van der Waals surface area contributed by atoms with Crippen LogP contribution in [0.2, 0.25) is 0 Å². The van der Waals surface area contributed by atoms with E-state index in [1.54, 1.807) is 4.90 Å². The molecule has 0 radical (unpaired) electrons. The van der Waals surface area contributed by atoms with Crippen molar-refractivity contribution in [3.8, 4) is 0 Å². The van der Waals surface area contributed by atoms with E-state index in [1.165, 1.54) is 6.92 Å². The fraction of sp³-hybridized carbons (Fsp3) is 0.778. The van der Waals surface area contributed by atoms with Crippen molar-refractivity contribution in [2.75, 3.05) is 13.1 Å². The molecule has 0 spiro atoms. The first-order valence-electron chi connectivity index (χ1n) is 4.91. The van der Waals surface area contributed by atoms with Crippen LogP contribution in [0.25, 0.3) is 0 Å². The number of hydrogen-bond acceptors (Lipinski definition) is 2. The van der Waals surface area contributed by atoms with Crippen LogP contribution in [-0.2, 0) is 4.79 Å². The zero-order valence-corrected chi connectivity index (χ0v) is 8.67. The summed E-state index contributed by atoms with van der Waals surface area (Å²) in [5, 5.41) is 0. The highest BCUT2D eigenvalue weighted by molar-refractivity contribution is 5.79. The second-order valence-corrected chi connectivity index (χ2v) is 3.78. The van der Waals surface area contributed by atoms with Crippen LogP contribution in [0.5, 0.6) is 0 Å². The Hall–Kier alpha value is -1.26. The number of carbonyl (C=O) groups excluding carboxylic acids is 2. The molecule has 14 heavy (non-hydrogen) atoms. The van der Waals surface area contributed by atoms with E-state index in [-0.39, 0.29) is 11.9 Å². The third kappa shape index (κ3) is 3.24. The lowest BCUT2D eigenvalue weighted by atomic mass is 10.00. The minimum atomic E-state index is -0.260. The minimum absolute atomic E-state index is 0.216. The van der Waals surface area contributed by atoms with Crippen molar-refractivity contribution in [3.63, 3.8) is 0 Å². The third-order valence-corrected chi connectivity index (χ3v) is 2.42. The maximum Gasteiger partial charge on any atom is 0.336 e. The zero-order valence-electron chi connectivity index (χ0n) is 8.67. The van der Waals surface area contributed by atoms with E-state index in [1.807, 2.05) is 0 Å². The Morgan fingerprint density at radius 2 is 1.79 bits per heavy atom. The van der Waals surface area contributed by atoms with Gasteiger partial charge in [-0.25, -0.2) is 10.2 Å². The lowest BCUT2D eigenvalue weighted by molar-refractivity contribution is -0.119. The lowest BCUT2D eigenvalue weighted by Gasteiger charge is -2.30. The highest BCUT2D eigenvalue weighted by Crippen LogP contribution is 2.15. The quantitative estimate of drug-likeness (QED) is 0.557. The number of nitrogens with one attached hydrogen (secondary N) is 2. The van der Waals surface area contributed by atoms with Crippen LogP contribution in [0, 0.1) is 5.92 Å². The van der Waals surface area contributed by atoms with Gasteiger partial charge < -0.3 is 4.90 Å². The van der Waals surface area contributed by atoms with Crippen molar-refractivity contribution in [1.82, 2.24) is 15.8 Å². The first kappa shape index (κ1) is 10.8. The summed E-state index contributed by atoms with van der Waals surface area (Å²) in [6.07, 6.45) is 2.07. The van der Waals surface area contributed by atoms with Gasteiger partial charge in [-0.2, -0.15) is 0 Å². The molecule has 1 saturated heterocycles. The molecular weight excluding hydrogens is 182 g/mol. The molecule has 0 aromatic heterocycles. The molecule has 5 heteroatoms. The molecule has 0 bridgehead atoms. The molecule has 0 aromatic rings. The summed E-state index contributed by atoms with van der Waals surface area (Å²) in [7, 11) is 0. The zero-order chi connectivity index (χ0) is 10.6. The molecule has 1 heterocycles. The Labute approximate surface area is 83.8 Å². The van der Waals surface area contributed by atoms with E-state index in [0.29, 0.717) is 5.92 Å². The van der Waals surface area contributed by atoms with Crippen LogP contribution >= 0.6 is 0 Å². The average Bonchev–Trinajstić information content (AvgIpc) is 2.15. The molecule has 0 aromatic carbocycles. The van der Waals surface area contributed by atoms with Crippen LogP contribution in [-0.4, -0.2) is 29.9 Å². The Morgan fingerprint density at radius 3 is 2.29 bits per heavy atom. The Bertz CT molecular complexity index is 222. The van der Waals surface area contributed by atoms with Gasteiger partial charge in [-0.05, 0) is 18.8 Å². The molecule has 0 saturated carbocycles. The molecule has 0 atom stereocenters. The summed E-state index contributed by atoms with van der Waals surface area (Å²) in [5.41, 5.74) is 4.63. The number of urea groups is 1. The van der Waals surface area contributed by atoms with E-state index < -0.39 is 0 Å². The van der Waals surface area contributed by atoms with Gasteiger partial charge in [0.1, 0.15) is 0 Å². The largest absolute Gasteiger partial charge is 0.336 e. The van der Waals surface area contributed by atoms with Crippen molar-refractivity contribution in [2.24, 2.45) is 5.92 Å². The lowest BCUT2D eigenvalue weighted by Crippen LogP contribution is -2.50. The van der Waals surface area contributed by atoms with Crippen molar-refractivity contribution < 1.29 is 9.59 Å². The standard InChI is InChI=1S/C9H17N3O2/c1-7-3-5-12(6-4-7)9(14)11-10-8(2)13/h7H,3-6H2,1-2H3,(H,10,13)(H,11,14). The number of amides is 3. The average molecular weight is 199 g/mol. The van der Waals surface area contributed by atoms with E-state index in [2.05, 4.69) is 17.8 Å². The van der Waals surface area contributed by atoms with Gasteiger partial charge in [0.2, 0.25) is 5.91 Å². The van der Waals surface area contributed by atoms with Gasteiger partial charge in [0.05, 0.1) is 0 Å². The maximum absolute atomic E-state index is 11.4. The summed E-state index contributed by atoms with van der Waals surface area (Å²) in [4.78, 5) is 23.7. The molecule has 5 nitrogen and oxygen atoms in total. The Balaban J connectivity index is 2.27. The number of hydrogen-bond donors (Lipinski definition) is 2. The van der Waals surface area contributed by atoms with Gasteiger partial charge in [-0.15, -0.1) is 0 Å². The van der Waals surface area contributed by atoms with Gasteiger partial charge in [0, 0.05) is 20.0 Å². The number of carbonyl (C=O) groups is 2. The second-order valence-electron chi connectivity index (χ2n) is 3.78. The number of likely N-dealkylation sites (tertiary alicyclic amines) is 1. The highest BCUT2D eigenvalue weighted by Gasteiger charge is 2.19. The maximum atomic E-state index is 11.4. The van der Waals surface area contributed by atoms with Gasteiger partial charge >= 0.3 is 6.03 Å². The van der Waals surface area contributed by atoms with Gasteiger partial charge in [0.15, 0.2) is 0 Å². The van der Waals surface area contributed by atoms with Crippen molar-refractivity contribution in [3.05, 3.63) is 0 Å². The van der Waals surface area contributed by atoms with Crippen molar-refractivity contribution >= 4 is 11.9 Å². The number of hydrazine groups is 1.